The van der Waals surface area contributed by atoms with Gasteiger partial charge in [0.2, 0.25) is 5.91 Å². The minimum atomic E-state index is -4.62. The standard InChI is InChI=1S/C22H17ClF3N3O3S/c1-31-18-6-3-12(7-19(18)32-2)17-10-29-14(11-33-21(29)28-17)9-20(30)27-13-4-5-16(23)15(8-13)22(24,25)26/h3-8,10-11H,9H2,1-2H3,(H,27,30). The van der Waals surface area contributed by atoms with Crippen LogP contribution in [0.15, 0.2) is 48.0 Å². The molecule has 11 heteroatoms. The number of anilines is 1. The molecule has 2 heterocycles. The number of aromatic nitrogens is 2. The maximum absolute atomic E-state index is 13.1. The van der Waals surface area contributed by atoms with Crippen LogP contribution in [0.3, 0.4) is 0 Å². The number of benzene rings is 2. The first kappa shape index (κ1) is 22.9. The Labute approximate surface area is 195 Å². The van der Waals surface area contributed by atoms with E-state index in [4.69, 9.17) is 21.1 Å². The molecule has 0 unspecified atom stereocenters. The Morgan fingerprint density at radius 3 is 2.61 bits per heavy atom. The van der Waals surface area contributed by atoms with Gasteiger partial charge < -0.3 is 14.8 Å². The molecule has 4 aromatic rings. The van der Waals surface area contributed by atoms with Gasteiger partial charge in [-0.25, -0.2) is 4.98 Å². The number of ether oxygens (including phenoxy) is 2. The van der Waals surface area contributed by atoms with Crippen LogP contribution in [0.1, 0.15) is 11.3 Å². The fourth-order valence-corrected chi connectivity index (χ4v) is 4.38. The number of hydrogen-bond donors (Lipinski definition) is 1. The zero-order valence-corrected chi connectivity index (χ0v) is 18.9. The molecule has 0 radical (unpaired) electrons. The van der Waals surface area contributed by atoms with Crippen molar-refractivity contribution in [3.8, 4) is 22.8 Å². The van der Waals surface area contributed by atoms with E-state index in [1.165, 1.54) is 17.4 Å². The number of methoxy groups -OCH3 is 2. The summed E-state index contributed by atoms with van der Waals surface area (Å²) in [4.78, 5) is 17.8. The molecule has 6 nitrogen and oxygen atoms in total. The van der Waals surface area contributed by atoms with Gasteiger partial charge in [-0.05, 0) is 36.4 Å². The molecule has 0 bridgehead atoms. The lowest BCUT2D eigenvalue weighted by atomic mass is 10.1. The van der Waals surface area contributed by atoms with Gasteiger partial charge in [-0.1, -0.05) is 11.6 Å². The number of carbonyl (C=O) groups is 1. The van der Waals surface area contributed by atoms with E-state index in [-0.39, 0.29) is 12.1 Å². The van der Waals surface area contributed by atoms with Crippen molar-refractivity contribution in [2.75, 3.05) is 19.5 Å². The van der Waals surface area contributed by atoms with Crippen LogP contribution < -0.4 is 14.8 Å². The predicted octanol–water partition coefficient (Wildman–Crippen LogP) is 5.93. The number of hydrogen-bond acceptors (Lipinski definition) is 5. The average Bonchev–Trinajstić information content (AvgIpc) is 3.35. The monoisotopic (exact) mass is 495 g/mol. The van der Waals surface area contributed by atoms with Gasteiger partial charge in [0.05, 0.1) is 36.9 Å². The van der Waals surface area contributed by atoms with Crippen molar-refractivity contribution in [2.45, 2.75) is 12.6 Å². The molecular weight excluding hydrogens is 479 g/mol. The van der Waals surface area contributed by atoms with Crippen LogP contribution in [0.25, 0.3) is 16.2 Å². The second-order valence-corrected chi connectivity index (χ2v) is 8.24. The molecule has 1 amide bonds. The van der Waals surface area contributed by atoms with Gasteiger partial charge in [0, 0.05) is 28.5 Å². The van der Waals surface area contributed by atoms with E-state index < -0.39 is 22.7 Å². The SMILES string of the molecule is COc1ccc(-c2cn3c(CC(=O)Nc4ccc(Cl)c(C(F)(F)F)c4)csc3n2)cc1OC. The third kappa shape index (κ3) is 4.76. The molecular formula is C22H17ClF3N3O3S. The molecule has 0 fully saturated rings. The number of halogens is 4. The van der Waals surface area contributed by atoms with Crippen LogP contribution in [0, 0.1) is 0 Å². The van der Waals surface area contributed by atoms with Gasteiger partial charge in [-0.15, -0.1) is 11.3 Å². The van der Waals surface area contributed by atoms with Crippen molar-refractivity contribution < 1.29 is 27.4 Å². The number of nitrogens with zero attached hydrogens (tertiary/aromatic N) is 2. The van der Waals surface area contributed by atoms with Crippen LogP contribution in [-0.4, -0.2) is 29.5 Å². The summed E-state index contributed by atoms with van der Waals surface area (Å²) in [6, 6.07) is 8.67. The number of imidazole rings is 1. The smallest absolute Gasteiger partial charge is 0.417 e. The molecule has 1 N–H and O–H groups in total. The molecule has 172 valence electrons. The van der Waals surface area contributed by atoms with Gasteiger partial charge in [0.25, 0.3) is 0 Å². The first-order valence-electron chi connectivity index (χ1n) is 9.54. The lowest BCUT2D eigenvalue weighted by Gasteiger charge is -2.11. The van der Waals surface area contributed by atoms with E-state index in [1.807, 2.05) is 6.07 Å². The predicted molar refractivity (Wildman–Crippen MR) is 120 cm³/mol. The van der Waals surface area contributed by atoms with Crippen LogP contribution >= 0.6 is 22.9 Å². The number of amides is 1. The number of carbonyl (C=O) groups excluding carboxylic acids is 1. The van der Waals surface area contributed by atoms with Crippen LogP contribution in [-0.2, 0) is 17.4 Å². The quantitative estimate of drug-likeness (QED) is 0.360. The second-order valence-electron chi connectivity index (χ2n) is 6.99. The summed E-state index contributed by atoms with van der Waals surface area (Å²) < 4.78 is 51.5. The highest BCUT2D eigenvalue weighted by molar-refractivity contribution is 7.15. The summed E-state index contributed by atoms with van der Waals surface area (Å²) in [5.41, 5.74) is 1.14. The summed E-state index contributed by atoms with van der Waals surface area (Å²) in [5.74, 6) is 0.689. The van der Waals surface area contributed by atoms with E-state index in [0.29, 0.717) is 27.8 Å². The van der Waals surface area contributed by atoms with E-state index in [1.54, 1.807) is 42.3 Å². The molecule has 0 aliphatic heterocycles. The van der Waals surface area contributed by atoms with Crippen molar-refractivity contribution in [2.24, 2.45) is 0 Å². The number of alkyl halides is 3. The molecule has 2 aromatic heterocycles. The maximum Gasteiger partial charge on any atom is 0.417 e. The molecule has 4 rings (SSSR count). The van der Waals surface area contributed by atoms with Crippen molar-refractivity contribution in [1.82, 2.24) is 9.38 Å². The molecule has 33 heavy (non-hydrogen) atoms. The summed E-state index contributed by atoms with van der Waals surface area (Å²) in [6.45, 7) is 0. The highest BCUT2D eigenvalue weighted by Gasteiger charge is 2.33. The average molecular weight is 496 g/mol. The minimum absolute atomic E-state index is 0.0137. The Morgan fingerprint density at radius 2 is 1.91 bits per heavy atom. The fraction of sp³-hybridized carbons (Fsp3) is 0.182. The zero-order valence-electron chi connectivity index (χ0n) is 17.4. The molecule has 0 atom stereocenters. The highest BCUT2D eigenvalue weighted by Crippen LogP contribution is 2.36. The lowest BCUT2D eigenvalue weighted by molar-refractivity contribution is -0.137. The Hall–Kier alpha value is -3.24. The number of rotatable bonds is 6. The van der Waals surface area contributed by atoms with Crippen molar-refractivity contribution >= 4 is 39.5 Å². The third-order valence-electron chi connectivity index (χ3n) is 4.86. The van der Waals surface area contributed by atoms with Crippen molar-refractivity contribution in [3.63, 3.8) is 0 Å². The molecule has 0 aliphatic carbocycles. The first-order valence-corrected chi connectivity index (χ1v) is 10.8. The minimum Gasteiger partial charge on any atom is -0.493 e. The highest BCUT2D eigenvalue weighted by atomic mass is 35.5. The van der Waals surface area contributed by atoms with E-state index in [9.17, 15) is 18.0 Å². The Kier molecular flexibility index (Phi) is 6.22. The summed E-state index contributed by atoms with van der Waals surface area (Å²) in [6.07, 6.45) is -2.87. The normalized spacial score (nSPS) is 11.6. The van der Waals surface area contributed by atoms with E-state index in [2.05, 4.69) is 10.3 Å². The molecule has 0 spiro atoms. The van der Waals surface area contributed by atoms with E-state index >= 15 is 0 Å². The Balaban J connectivity index is 1.55. The Morgan fingerprint density at radius 1 is 1.15 bits per heavy atom. The topological polar surface area (TPSA) is 64.9 Å². The van der Waals surface area contributed by atoms with Gasteiger partial charge in [-0.2, -0.15) is 13.2 Å². The van der Waals surface area contributed by atoms with Gasteiger partial charge in [-0.3, -0.25) is 9.20 Å². The maximum atomic E-state index is 13.1. The van der Waals surface area contributed by atoms with Crippen molar-refractivity contribution in [3.05, 3.63) is 64.3 Å². The molecule has 0 aliphatic rings. The second kappa shape index (κ2) is 8.95. The van der Waals surface area contributed by atoms with Gasteiger partial charge >= 0.3 is 6.18 Å². The summed E-state index contributed by atoms with van der Waals surface area (Å²) in [5, 5.41) is 3.85. The van der Waals surface area contributed by atoms with E-state index in [0.717, 1.165) is 17.7 Å². The van der Waals surface area contributed by atoms with Gasteiger partial charge in [0.1, 0.15) is 0 Å². The van der Waals surface area contributed by atoms with Crippen LogP contribution in [0.5, 0.6) is 11.5 Å². The number of fused-ring (bicyclic) bond motifs is 1. The summed E-state index contributed by atoms with van der Waals surface area (Å²) in [7, 11) is 3.10. The largest absolute Gasteiger partial charge is 0.493 e. The lowest BCUT2D eigenvalue weighted by Crippen LogP contribution is -2.16. The zero-order chi connectivity index (χ0) is 23.8. The van der Waals surface area contributed by atoms with Gasteiger partial charge in [0.15, 0.2) is 16.5 Å². The van der Waals surface area contributed by atoms with Crippen molar-refractivity contribution in [1.29, 1.82) is 0 Å². The summed E-state index contributed by atoms with van der Waals surface area (Å²) >= 11 is 6.98. The van der Waals surface area contributed by atoms with Crippen LogP contribution in [0.4, 0.5) is 18.9 Å². The third-order valence-corrected chi connectivity index (χ3v) is 6.08. The Bertz CT molecular complexity index is 1330. The molecule has 0 saturated heterocycles. The number of thiazole rings is 1. The molecule has 2 aromatic carbocycles. The first-order chi connectivity index (χ1) is 15.7. The number of nitrogens with one attached hydrogen (secondary N) is 1. The fourth-order valence-electron chi connectivity index (χ4n) is 3.28. The van der Waals surface area contributed by atoms with Crippen LogP contribution in [0.2, 0.25) is 5.02 Å². The molecule has 0 saturated carbocycles.